The van der Waals surface area contributed by atoms with E-state index in [4.69, 9.17) is 21.1 Å². The van der Waals surface area contributed by atoms with Crippen LogP contribution in [0, 0.1) is 0 Å². The monoisotopic (exact) mass is 270 g/mol. The van der Waals surface area contributed by atoms with Gasteiger partial charge in [-0.15, -0.1) is 0 Å². The molecule has 1 aromatic rings. The molecule has 1 unspecified atom stereocenters. The van der Waals surface area contributed by atoms with Gasteiger partial charge in [0.25, 0.3) is 0 Å². The van der Waals surface area contributed by atoms with Crippen molar-refractivity contribution in [2.24, 2.45) is 0 Å². The van der Waals surface area contributed by atoms with Crippen LogP contribution in [0.3, 0.4) is 0 Å². The molecule has 2 heterocycles. The molecular weight excluding hydrogens is 252 g/mol. The Balaban J connectivity index is 1.97. The number of nitrogens with zero attached hydrogens (tertiary/aromatic N) is 2. The highest BCUT2D eigenvalue weighted by atomic mass is 35.5. The van der Waals surface area contributed by atoms with Crippen molar-refractivity contribution in [2.75, 3.05) is 13.2 Å². The lowest BCUT2D eigenvalue weighted by Crippen LogP contribution is -2.26. The fraction of sp³-hybridized carbons (Fsp3) is 0.692. The maximum atomic E-state index is 6.07. The van der Waals surface area contributed by atoms with E-state index in [0.29, 0.717) is 17.6 Å². The summed E-state index contributed by atoms with van der Waals surface area (Å²) in [6.07, 6.45) is 6.86. The van der Waals surface area contributed by atoms with Crippen LogP contribution in [0.25, 0.3) is 0 Å². The Morgan fingerprint density at radius 2 is 2.33 bits per heavy atom. The SMILES string of the molecule is CCCc1c(Cl)ncnc1OCC1CCCCO1. The predicted molar refractivity (Wildman–Crippen MR) is 70.1 cm³/mol. The third-order valence-corrected chi connectivity index (χ3v) is 3.36. The predicted octanol–water partition coefficient (Wildman–Crippen LogP) is 3.03. The molecule has 0 aromatic carbocycles. The minimum Gasteiger partial charge on any atom is -0.475 e. The van der Waals surface area contributed by atoms with Crippen LogP contribution in [-0.2, 0) is 11.2 Å². The molecule has 0 bridgehead atoms. The number of hydrogen-bond acceptors (Lipinski definition) is 4. The third kappa shape index (κ3) is 3.56. The second kappa shape index (κ2) is 6.90. The van der Waals surface area contributed by atoms with E-state index >= 15 is 0 Å². The van der Waals surface area contributed by atoms with Crippen LogP contribution in [0.15, 0.2) is 6.33 Å². The summed E-state index contributed by atoms with van der Waals surface area (Å²) < 4.78 is 11.4. The highest BCUT2D eigenvalue weighted by Gasteiger charge is 2.16. The van der Waals surface area contributed by atoms with E-state index in [-0.39, 0.29) is 6.10 Å². The number of rotatable bonds is 5. The van der Waals surface area contributed by atoms with Gasteiger partial charge in [-0.1, -0.05) is 24.9 Å². The average molecular weight is 271 g/mol. The van der Waals surface area contributed by atoms with Crippen molar-refractivity contribution >= 4 is 11.6 Å². The molecule has 0 aliphatic carbocycles. The Morgan fingerprint density at radius 1 is 1.44 bits per heavy atom. The van der Waals surface area contributed by atoms with Crippen LogP contribution in [0.5, 0.6) is 5.88 Å². The van der Waals surface area contributed by atoms with Crippen LogP contribution >= 0.6 is 11.6 Å². The van der Waals surface area contributed by atoms with Crippen molar-refractivity contribution in [3.05, 3.63) is 17.0 Å². The topological polar surface area (TPSA) is 44.2 Å². The van der Waals surface area contributed by atoms with Crippen LogP contribution in [0.2, 0.25) is 5.15 Å². The molecule has 0 saturated carbocycles. The lowest BCUT2D eigenvalue weighted by Gasteiger charge is -2.22. The van der Waals surface area contributed by atoms with E-state index < -0.39 is 0 Å². The van der Waals surface area contributed by atoms with Crippen molar-refractivity contribution < 1.29 is 9.47 Å². The largest absolute Gasteiger partial charge is 0.475 e. The summed E-state index contributed by atoms with van der Waals surface area (Å²) in [7, 11) is 0. The number of aromatic nitrogens is 2. The van der Waals surface area contributed by atoms with Gasteiger partial charge in [0.05, 0.1) is 11.7 Å². The van der Waals surface area contributed by atoms with Crippen molar-refractivity contribution in [3.8, 4) is 5.88 Å². The summed E-state index contributed by atoms with van der Waals surface area (Å²) in [5.41, 5.74) is 0.900. The summed E-state index contributed by atoms with van der Waals surface area (Å²) >= 11 is 6.07. The maximum absolute atomic E-state index is 6.07. The summed E-state index contributed by atoms with van der Waals surface area (Å²) in [5, 5.41) is 0.492. The molecule has 5 heteroatoms. The summed E-state index contributed by atoms with van der Waals surface area (Å²) in [4.78, 5) is 8.17. The smallest absolute Gasteiger partial charge is 0.221 e. The molecule has 1 fully saturated rings. The van der Waals surface area contributed by atoms with Crippen molar-refractivity contribution in [1.82, 2.24) is 9.97 Å². The molecule has 4 nitrogen and oxygen atoms in total. The average Bonchev–Trinajstić information content (AvgIpc) is 2.41. The van der Waals surface area contributed by atoms with E-state index in [1.165, 1.54) is 12.7 Å². The van der Waals surface area contributed by atoms with Gasteiger partial charge in [-0.3, -0.25) is 0 Å². The highest BCUT2D eigenvalue weighted by molar-refractivity contribution is 6.30. The van der Waals surface area contributed by atoms with Crippen molar-refractivity contribution in [2.45, 2.75) is 45.1 Å². The Hall–Kier alpha value is -0.870. The van der Waals surface area contributed by atoms with E-state index in [2.05, 4.69) is 16.9 Å². The zero-order valence-corrected chi connectivity index (χ0v) is 11.4. The minimum atomic E-state index is 0.182. The molecule has 2 rings (SSSR count). The van der Waals surface area contributed by atoms with Crippen LogP contribution in [0.1, 0.15) is 38.2 Å². The van der Waals surface area contributed by atoms with E-state index in [0.717, 1.165) is 37.9 Å². The quantitative estimate of drug-likeness (QED) is 0.772. The fourth-order valence-electron chi connectivity index (χ4n) is 2.07. The molecule has 100 valence electrons. The molecule has 1 aliphatic heterocycles. The molecule has 0 N–H and O–H groups in total. The van der Waals surface area contributed by atoms with Gasteiger partial charge in [-0.25, -0.2) is 9.97 Å². The standard InChI is InChI=1S/C13H19ClN2O2/c1-2-5-11-12(14)15-9-16-13(11)18-8-10-6-3-4-7-17-10/h9-10H,2-8H2,1H3. The molecule has 18 heavy (non-hydrogen) atoms. The van der Waals surface area contributed by atoms with Gasteiger partial charge >= 0.3 is 0 Å². The molecule has 1 aromatic heterocycles. The summed E-state index contributed by atoms with van der Waals surface area (Å²) in [5.74, 6) is 0.603. The van der Waals surface area contributed by atoms with Gasteiger partial charge in [0.2, 0.25) is 5.88 Å². The van der Waals surface area contributed by atoms with Gasteiger partial charge < -0.3 is 9.47 Å². The van der Waals surface area contributed by atoms with Gasteiger partial charge in [0, 0.05) is 6.61 Å². The molecule has 0 spiro atoms. The highest BCUT2D eigenvalue weighted by Crippen LogP contribution is 2.24. The van der Waals surface area contributed by atoms with Gasteiger partial charge in [-0.2, -0.15) is 0 Å². The van der Waals surface area contributed by atoms with Crippen LogP contribution in [0.4, 0.5) is 0 Å². The van der Waals surface area contributed by atoms with Crippen molar-refractivity contribution in [1.29, 1.82) is 0 Å². The molecule has 0 amide bonds. The number of ether oxygens (including phenoxy) is 2. The molecule has 1 atom stereocenters. The van der Waals surface area contributed by atoms with E-state index in [9.17, 15) is 0 Å². The Bertz CT molecular complexity index is 381. The first-order valence-corrected chi connectivity index (χ1v) is 6.92. The first kappa shape index (κ1) is 13.6. The summed E-state index contributed by atoms with van der Waals surface area (Å²) in [6.45, 7) is 3.47. The maximum Gasteiger partial charge on any atom is 0.221 e. The fourth-order valence-corrected chi connectivity index (χ4v) is 2.29. The van der Waals surface area contributed by atoms with Crippen LogP contribution < -0.4 is 4.74 Å². The van der Waals surface area contributed by atoms with Gasteiger partial charge in [-0.05, 0) is 25.7 Å². The lowest BCUT2D eigenvalue weighted by molar-refractivity contribution is -0.0121. The normalized spacial score (nSPS) is 19.8. The first-order valence-electron chi connectivity index (χ1n) is 6.55. The third-order valence-electron chi connectivity index (χ3n) is 3.03. The van der Waals surface area contributed by atoms with Gasteiger partial charge in [0.15, 0.2) is 0 Å². The van der Waals surface area contributed by atoms with Crippen LogP contribution in [-0.4, -0.2) is 29.3 Å². The number of hydrogen-bond donors (Lipinski definition) is 0. The second-order valence-corrected chi connectivity index (χ2v) is 4.86. The molecule has 0 radical (unpaired) electrons. The number of halogens is 1. The Labute approximate surface area is 113 Å². The van der Waals surface area contributed by atoms with Gasteiger partial charge in [0.1, 0.15) is 18.1 Å². The Morgan fingerprint density at radius 3 is 3.06 bits per heavy atom. The zero-order valence-electron chi connectivity index (χ0n) is 10.7. The second-order valence-electron chi connectivity index (χ2n) is 4.50. The zero-order chi connectivity index (χ0) is 12.8. The minimum absolute atomic E-state index is 0.182. The van der Waals surface area contributed by atoms with E-state index in [1.54, 1.807) is 0 Å². The first-order chi connectivity index (χ1) is 8.81. The van der Waals surface area contributed by atoms with E-state index in [1.807, 2.05) is 0 Å². The lowest BCUT2D eigenvalue weighted by atomic mass is 10.1. The van der Waals surface area contributed by atoms with Crippen molar-refractivity contribution in [3.63, 3.8) is 0 Å². The summed E-state index contributed by atoms with van der Waals surface area (Å²) in [6, 6.07) is 0. The molecule has 1 saturated heterocycles. The Kier molecular flexibility index (Phi) is 5.20. The molecular formula is C13H19ClN2O2. The molecule has 1 aliphatic rings.